The number of nitrogens with zero attached hydrogens (tertiary/aromatic N) is 1. The van der Waals surface area contributed by atoms with Gasteiger partial charge in [-0.3, -0.25) is 0 Å². The number of rotatable bonds is 8. The van der Waals surface area contributed by atoms with Crippen molar-refractivity contribution in [2.45, 2.75) is 52.9 Å². The molecular formula is C17H25NO. The second-order valence-corrected chi connectivity index (χ2v) is 5.62. The molecule has 0 saturated carbocycles. The summed E-state index contributed by atoms with van der Waals surface area (Å²) >= 11 is 0. The third-order valence-electron chi connectivity index (χ3n) is 3.36. The van der Waals surface area contributed by atoms with Gasteiger partial charge in [-0.2, -0.15) is 5.26 Å². The van der Waals surface area contributed by atoms with Gasteiger partial charge in [0, 0.05) is 0 Å². The molecule has 0 spiro atoms. The van der Waals surface area contributed by atoms with Gasteiger partial charge >= 0.3 is 0 Å². The molecule has 1 aromatic carbocycles. The zero-order valence-corrected chi connectivity index (χ0v) is 12.4. The molecule has 0 aliphatic carbocycles. The number of ether oxygens (including phenoxy) is 1. The van der Waals surface area contributed by atoms with Gasteiger partial charge < -0.3 is 4.74 Å². The first-order valence-corrected chi connectivity index (χ1v) is 7.21. The lowest BCUT2D eigenvalue weighted by atomic mass is 9.89. The van der Waals surface area contributed by atoms with Gasteiger partial charge in [0.1, 0.15) is 5.75 Å². The summed E-state index contributed by atoms with van der Waals surface area (Å²) in [4.78, 5) is 0. The number of unbranched alkanes of at least 4 members (excludes halogenated alkanes) is 2. The van der Waals surface area contributed by atoms with Crippen LogP contribution >= 0.6 is 0 Å². The average Bonchev–Trinajstić information content (AvgIpc) is 2.43. The van der Waals surface area contributed by atoms with Gasteiger partial charge in [-0.05, 0) is 44.7 Å². The van der Waals surface area contributed by atoms with Crippen molar-refractivity contribution in [1.82, 2.24) is 0 Å². The molecule has 19 heavy (non-hydrogen) atoms. The molecule has 0 radical (unpaired) electrons. The van der Waals surface area contributed by atoms with E-state index >= 15 is 0 Å². The molecule has 0 unspecified atom stereocenters. The van der Waals surface area contributed by atoms with Crippen LogP contribution in [0.3, 0.4) is 0 Å². The van der Waals surface area contributed by atoms with Crippen molar-refractivity contribution < 1.29 is 4.74 Å². The fourth-order valence-electron chi connectivity index (χ4n) is 2.02. The van der Waals surface area contributed by atoms with E-state index in [2.05, 4.69) is 25.1 Å². The van der Waals surface area contributed by atoms with E-state index in [0.29, 0.717) is 0 Å². The first kappa shape index (κ1) is 15.6. The van der Waals surface area contributed by atoms with E-state index in [0.717, 1.165) is 44.5 Å². The van der Waals surface area contributed by atoms with Crippen LogP contribution in [0.15, 0.2) is 24.3 Å². The molecule has 2 nitrogen and oxygen atoms in total. The summed E-state index contributed by atoms with van der Waals surface area (Å²) < 4.78 is 5.82. The predicted octanol–water partition coefficient (Wildman–Crippen LogP) is 4.74. The molecule has 104 valence electrons. The average molecular weight is 259 g/mol. The highest BCUT2D eigenvalue weighted by Gasteiger charge is 2.15. The van der Waals surface area contributed by atoms with Gasteiger partial charge in [0.25, 0.3) is 0 Å². The van der Waals surface area contributed by atoms with Crippen molar-refractivity contribution in [3.63, 3.8) is 0 Å². The Bertz CT molecular complexity index is 418. The molecule has 1 aromatic rings. The first-order chi connectivity index (χ1) is 9.09. The lowest BCUT2D eigenvalue weighted by Crippen LogP contribution is -2.07. The minimum atomic E-state index is -0.185. The molecule has 0 atom stereocenters. The topological polar surface area (TPSA) is 33.0 Å². The van der Waals surface area contributed by atoms with Crippen LogP contribution in [0.1, 0.15) is 52.0 Å². The molecule has 0 heterocycles. The van der Waals surface area contributed by atoms with Crippen molar-refractivity contribution >= 4 is 0 Å². The number of hydrogen-bond donors (Lipinski definition) is 0. The Morgan fingerprint density at radius 3 is 2.58 bits per heavy atom. The van der Waals surface area contributed by atoms with E-state index in [1.54, 1.807) is 0 Å². The maximum absolute atomic E-state index is 8.93. The monoisotopic (exact) mass is 259 g/mol. The molecule has 0 saturated heterocycles. The van der Waals surface area contributed by atoms with Gasteiger partial charge in [-0.25, -0.2) is 0 Å². The van der Waals surface area contributed by atoms with Gasteiger partial charge in [0.2, 0.25) is 0 Å². The second kappa shape index (κ2) is 7.84. The van der Waals surface area contributed by atoms with E-state index in [4.69, 9.17) is 10.00 Å². The second-order valence-electron chi connectivity index (χ2n) is 5.62. The number of nitriles is 1. The summed E-state index contributed by atoms with van der Waals surface area (Å²) in [5.41, 5.74) is 1.09. The quantitative estimate of drug-likeness (QED) is 0.632. The number of para-hydroxylation sites is 1. The Labute approximate surface area is 117 Å². The zero-order valence-electron chi connectivity index (χ0n) is 12.4. The number of hydrogen-bond acceptors (Lipinski definition) is 2. The minimum absolute atomic E-state index is 0.185. The molecule has 0 aromatic heterocycles. The molecule has 0 bridgehead atoms. The van der Waals surface area contributed by atoms with E-state index < -0.39 is 0 Å². The van der Waals surface area contributed by atoms with Gasteiger partial charge in [-0.1, -0.05) is 38.0 Å². The van der Waals surface area contributed by atoms with Crippen LogP contribution in [0, 0.1) is 16.7 Å². The van der Waals surface area contributed by atoms with Crippen LogP contribution in [-0.2, 0) is 6.42 Å². The molecule has 0 amide bonds. The van der Waals surface area contributed by atoms with E-state index in [1.807, 2.05) is 26.0 Å². The zero-order chi connectivity index (χ0) is 14.1. The fourth-order valence-corrected chi connectivity index (χ4v) is 2.02. The summed E-state index contributed by atoms with van der Waals surface area (Å²) in [5.74, 6) is 1.02. The maximum Gasteiger partial charge on any atom is 0.122 e. The summed E-state index contributed by atoms with van der Waals surface area (Å²) in [6.07, 6.45) is 5.25. The third-order valence-corrected chi connectivity index (χ3v) is 3.36. The molecular weight excluding hydrogens is 234 g/mol. The maximum atomic E-state index is 8.93. The SMILES string of the molecule is CCc1ccccc1OCCCCCC(C)(C)C#N. The van der Waals surface area contributed by atoms with Crippen LogP contribution in [0.4, 0.5) is 0 Å². The van der Waals surface area contributed by atoms with E-state index in [-0.39, 0.29) is 5.41 Å². The molecule has 1 rings (SSSR count). The van der Waals surface area contributed by atoms with E-state index in [9.17, 15) is 0 Å². The lowest BCUT2D eigenvalue weighted by molar-refractivity contribution is 0.297. The van der Waals surface area contributed by atoms with Crippen molar-refractivity contribution in [2.75, 3.05) is 6.61 Å². The predicted molar refractivity (Wildman–Crippen MR) is 79.2 cm³/mol. The largest absolute Gasteiger partial charge is 0.493 e. The van der Waals surface area contributed by atoms with Crippen LogP contribution in [0.25, 0.3) is 0 Å². The highest BCUT2D eigenvalue weighted by Crippen LogP contribution is 2.22. The summed E-state index contributed by atoms with van der Waals surface area (Å²) in [6, 6.07) is 10.6. The van der Waals surface area contributed by atoms with Crippen molar-refractivity contribution in [3.05, 3.63) is 29.8 Å². The van der Waals surface area contributed by atoms with Crippen LogP contribution < -0.4 is 4.74 Å². The lowest BCUT2D eigenvalue weighted by Gasteiger charge is -2.14. The third kappa shape index (κ3) is 5.79. The smallest absolute Gasteiger partial charge is 0.122 e. The van der Waals surface area contributed by atoms with Gasteiger partial charge in [-0.15, -0.1) is 0 Å². The number of benzene rings is 1. The molecule has 0 N–H and O–H groups in total. The molecule has 2 heteroatoms. The Kier molecular flexibility index (Phi) is 6.42. The van der Waals surface area contributed by atoms with E-state index in [1.165, 1.54) is 5.56 Å². The summed E-state index contributed by atoms with van der Waals surface area (Å²) in [7, 11) is 0. The molecule has 0 fully saturated rings. The van der Waals surface area contributed by atoms with Crippen molar-refractivity contribution in [1.29, 1.82) is 5.26 Å². The highest BCUT2D eigenvalue weighted by atomic mass is 16.5. The summed E-state index contributed by atoms with van der Waals surface area (Å²) in [5, 5.41) is 8.93. The normalized spacial score (nSPS) is 11.1. The first-order valence-electron chi connectivity index (χ1n) is 7.21. The van der Waals surface area contributed by atoms with Crippen molar-refractivity contribution in [3.8, 4) is 11.8 Å². The Morgan fingerprint density at radius 1 is 1.16 bits per heavy atom. The Morgan fingerprint density at radius 2 is 1.89 bits per heavy atom. The van der Waals surface area contributed by atoms with Crippen LogP contribution in [-0.4, -0.2) is 6.61 Å². The highest BCUT2D eigenvalue weighted by molar-refractivity contribution is 5.33. The molecule has 0 aliphatic rings. The minimum Gasteiger partial charge on any atom is -0.493 e. The fraction of sp³-hybridized carbons (Fsp3) is 0.588. The summed E-state index contributed by atoms with van der Waals surface area (Å²) in [6.45, 7) is 6.91. The van der Waals surface area contributed by atoms with Gasteiger partial charge in [0.15, 0.2) is 0 Å². The Balaban J connectivity index is 2.20. The molecule has 0 aliphatic heterocycles. The standard InChI is InChI=1S/C17H25NO/c1-4-15-10-6-7-11-16(15)19-13-9-5-8-12-17(2,3)14-18/h6-7,10-11H,4-5,8-9,12-13H2,1-3H3. The van der Waals surface area contributed by atoms with Gasteiger partial charge in [0.05, 0.1) is 18.1 Å². The Hall–Kier alpha value is -1.49. The number of aryl methyl sites for hydroxylation is 1. The van der Waals surface area contributed by atoms with Crippen LogP contribution in [0.2, 0.25) is 0 Å². The van der Waals surface area contributed by atoms with Crippen LogP contribution in [0.5, 0.6) is 5.75 Å². The van der Waals surface area contributed by atoms with Crippen molar-refractivity contribution in [2.24, 2.45) is 5.41 Å².